The van der Waals surface area contributed by atoms with Gasteiger partial charge in [0.2, 0.25) is 0 Å². The van der Waals surface area contributed by atoms with Crippen molar-refractivity contribution in [3.63, 3.8) is 0 Å². The van der Waals surface area contributed by atoms with Crippen LogP contribution in [-0.2, 0) is 10.3 Å². The van der Waals surface area contributed by atoms with E-state index in [0.717, 1.165) is 4.88 Å². The van der Waals surface area contributed by atoms with Gasteiger partial charge >= 0.3 is 6.03 Å². The third-order valence-electron chi connectivity index (χ3n) is 2.24. The molecule has 96 valence electrons. The number of hydrogen-bond acceptors (Lipinski definition) is 4. The van der Waals surface area contributed by atoms with Crippen molar-refractivity contribution in [3.8, 4) is 0 Å². The predicted octanol–water partition coefficient (Wildman–Crippen LogP) is 0.901. The fraction of sp³-hybridized carbons (Fsp3) is 0.545. The molecule has 5 nitrogen and oxygen atoms in total. The van der Waals surface area contributed by atoms with E-state index in [1.54, 1.807) is 14.0 Å². The lowest BCUT2D eigenvalue weighted by Gasteiger charge is -2.22. The van der Waals surface area contributed by atoms with Gasteiger partial charge in [-0.05, 0) is 18.4 Å². The molecule has 1 aromatic heterocycles. The number of amides is 2. The van der Waals surface area contributed by atoms with Gasteiger partial charge in [0.25, 0.3) is 0 Å². The van der Waals surface area contributed by atoms with Gasteiger partial charge in [-0.1, -0.05) is 6.07 Å². The Morgan fingerprint density at radius 3 is 2.94 bits per heavy atom. The molecule has 0 spiro atoms. The number of rotatable bonds is 6. The first-order valence-electron chi connectivity index (χ1n) is 5.33. The molecular weight excluding hydrogens is 240 g/mol. The molecule has 1 unspecified atom stereocenters. The summed E-state index contributed by atoms with van der Waals surface area (Å²) in [4.78, 5) is 12.2. The topological polar surface area (TPSA) is 70.6 Å². The van der Waals surface area contributed by atoms with Crippen molar-refractivity contribution in [2.24, 2.45) is 0 Å². The van der Waals surface area contributed by atoms with Crippen LogP contribution in [0.2, 0.25) is 0 Å². The van der Waals surface area contributed by atoms with Gasteiger partial charge in [0.1, 0.15) is 5.60 Å². The second-order valence-electron chi connectivity index (χ2n) is 3.85. The Hall–Kier alpha value is -1.11. The zero-order valence-corrected chi connectivity index (χ0v) is 10.8. The molecule has 0 saturated carbocycles. The molecule has 0 fully saturated rings. The van der Waals surface area contributed by atoms with Crippen molar-refractivity contribution < 1.29 is 14.6 Å². The Morgan fingerprint density at radius 2 is 2.35 bits per heavy atom. The van der Waals surface area contributed by atoms with Crippen LogP contribution in [-0.4, -0.2) is 37.9 Å². The van der Waals surface area contributed by atoms with Crippen LogP contribution in [0.25, 0.3) is 0 Å². The summed E-state index contributed by atoms with van der Waals surface area (Å²) in [5.74, 6) is 0. The van der Waals surface area contributed by atoms with Crippen LogP contribution in [0.1, 0.15) is 11.8 Å². The Labute approximate surface area is 105 Å². The van der Waals surface area contributed by atoms with Crippen LogP contribution >= 0.6 is 11.3 Å². The molecule has 1 heterocycles. The zero-order chi connectivity index (χ0) is 12.7. The average Bonchev–Trinajstić information content (AvgIpc) is 2.81. The maximum absolute atomic E-state index is 11.3. The molecule has 6 heteroatoms. The van der Waals surface area contributed by atoms with E-state index in [-0.39, 0.29) is 12.6 Å². The number of aliphatic hydroxyl groups is 1. The van der Waals surface area contributed by atoms with Gasteiger partial charge < -0.3 is 20.5 Å². The molecule has 1 aromatic rings. The van der Waals surface area contributed by atoms with E-state index in [2.05, 4.69) is 10.6 Å². The van der Waals surface area contributed by atoms with E-state index in [0.29, 0.717) is 13.2 Å². The first-order chi connectivity index (χ1) is 8.06. The normalized spacial score (nSPS) is 14.1. The van der Waals surface area contributed by atoms with E-state index in [1.165, 1.54) is 11.3 Å². The predicted molar refractivity (Wildman–Crippen MR) is 67.2 cm³/mol. The fourth-order valence-corrected chi connectivity index (χ4v) is 2.04. The van der Waals surface area contributed by atoms with Gasteiger partial charge in [0.15, 0.2) is 0 Å². The second kappa shape index (κ2) is 6.58. The maximum Gasteiger partial charge on any atom is 0.314 e. The van der Waals surface area contributed by atoms with Crippen LogP contribution in [0.5, 0.6) is 0 Å². The summed E-state index contributed by atoms with van der Waals surface area (Å²) >= 11 is 1.46. The standard InChI is InChI=1S/C11H18N2O3S/c1-11(15,9-4-3-7-17-9)8-13-10(14)12-5-6-16-2/h3-4,7,15H,5-6,8H2,1-2H3,(H2,12,13,14). The molecule has 3 N–H and O–H groups in total. The fourth-order valence-electron chi connectivity index (χ4n) is 1.25. The summed E-state index contributed by atoms with van der Waals surface area (Å²) in [6.45, 7) is 2.76. The molecule has 0 aliphatic carbocycles. The lowest BCUT2D eigenvalue weighted by Crippen LogP contribution is -2.43. The molecule has 2 amide bonds. The third-order valence-corrected chi connectivity index (χ3v) is 3.36. The minimum absolute atomic E-state index is 0.173. The Kier molecular flexibility index (Phi) is 5.40. The Balaban J connectivity index is 2.32. The first-order valence-corrected chi connectivity index (χ1v) is 6.21. The van der Waals surface area contributed by atoms with Crippen LogP contribution in [0.4, 0.5) is 4.79 Å². The summed E-state index contributed by atoms with van der Waals surface area (Å²) in [6, 6.07) is 3.40. The van der Waals surface area contributed by atoms with Crippen molar-refractivity contribution in [2.45, 2.75) is 12.5 Å². The molecule has 17 heavy (non-hydrogen) atoms. The zero-order valence-electron chi connectivity index (χ0n) is 10.0. The summed E-state index contributed by atoms with van der Waals surface area (Å²) in [6.07, 6.45) is 0. The number of thiophene rings is 1. The number of carbonyl (C=O) groups excluding carboxylic acids is 1. The second-order valence-corrected chi connectivity index (χ2v) is 4.80. The molecule has 0 bridgehead atoms. The SMILES string of the molecule is COCCNC(=O)NCC(C)(O)c1cccs1. The van der Waals surface area contributed by atoms with E-state index < -0.39 is 5.60 Å². The summed E-state index contributed by atoms with van der Waals surface area (Å²) in [7, 11) is 1.57. The lowest BCUT2D eigenvalue weighted by atomic mass is 10.1. The Bertz CT molecular complexity index is 338. The largest absolute Gasteiger partial charge is 0.383 e. The number of methoxy groups -OCH3 is 1. The molecule has 0 aromatic carbocycles. The van der Waals surface area contributed by atoms with Gasteiger partial charge in [-0.2, -0.15) is 0 Å². The molecule has 0 aliphatic rings. The van der Waals surface area contributed by atoms with E-state index in [9.17, 15) is 9.90 Å². The monoisotopic (exact) mass is 258 g/mol. The lowest BCUT2D eigenvalue weighted by molar-refractivity contribution is 0.0630. The first kappa shape index (κ1) is 14.0. The molecule has 0 aliphatic heterocycles. The number of nitrogens with one attached hydrogen (secondary N) is 2. The Morgan fingerprint density at radius 1 is 1.59 bits per heavy atom. The molecule has 0 radical (unpaired) electrons. The van der Waals surface area contributed by atoms with Crippen LogP contribution < -0.4 is 10.6 Å². The molecule has 1 atom stereocenters. The number of ether oxygens (including phenoxy) is 1. The molecule has 0 saturated heterocycles. The highest BCUT2D eigenvalue weighted by molar-refractivity contribution is 7.10. The van der Waals surface area contributed by atoms with E-state index in [4.69, 9.17) is 4.74 Å². The van der Waals surface area contributed by atoms with E-state index >= 15 is 0 Å². The van der Waals surface area contributed by atoms with Gasteiger partial charge in [0, 0.05) is 18.5 Å². The summed E-state index contributed by atoms with van der Waals surface area (Å²) in [5.41, 5.74) is -1.03. The highest BCUT2D eigenvalue weighted by atomic mass is 32.1. The van der Waals surface area contributed by atoms with E-state index in [1.807, 2.05) is 17.5 Å². The van der Waals surface area contributed by atoms with Gasteiger partial charge in [-0.15, -0.1) is 11.3 Å². The highest BCUT2D eigenvalue weighted by Gasteiger charge is 2.24. The van der Waals surface area contributed by atoms with Crippen molar-refractivity contribution >= 4 is 17.4 Å². The van der Waals surface area contributed by atoms with Gasteiger partial charge in [0.05, 0.1) is 13.2 Å². The van der Waals surface area contributed by atoms with Gasteiger partial charge in [-0.25, -0.2) is 4.79 Å². The minimum Gasteiger partial charge on any atom is -0.383 e. The van der Waals surface area contributed by atoms with Crippen molar-refractivity contribution in [1.29, 1.82) is 0 Å². The number of carbonyl (C=O) groups is 1. The number of hydrogen-bond donors (Lipinski definition) is 3. The summed E-state index contributed by atoms with van der Waals surface area (Å²) < 4.78 is 4.81. The quantitative estimate of drug-likeness (QED) is 0.664. The smallest absolute Gasteiger partial charge is 0.314 e. The third kappa shape index (κ3) is 4.72. The van der Waals surface area contributed by atoms with Crippen molar-refractivity contribution in [1.82, 2.24) is 10.6 Å². The maximum atomic E-state index is 11.3. The summed E-state index contributed by atoms with van der Waals surface area (Å²) in [5, 5.41) is 17.3. The average molecular weight is 258 g/mol. The minimum atomic E-state index is -1.03. The molecular formula is C11H18N2O3S. The van der Waals surface area contributed by atoms with Crippen LogP contribution in [0, 0.1) is 0 Å². The number of urea groups is 1. The van der Waals surface area contributed by atoms with Crippen LogP contribution in [0.3, 0.4) is 0 Å². The van der Waals surface area contributed by atoms with Gasteiger partial charge in [-0.3, -0.25) is 0 Å². The van der Waals surface area contributed by atoms with Crippen LogP contribution in [0.15, 0.2) is 17.5 Å². The van der Waals surface area contributed by atoms with Crippen molar-refractivity contribution in [2.75, 3.05) is 26.8 Å². The molecule has 1 rings (SSSR count). The highest BCUT2D eigenvalue weighted by Crippen LogP contribution is 2.24. The van der Waals surface area contributed by atoms with Crippen molar-refractivity contribution in [3.05, 3.63) is 22.4 Å².